The lowest BCUT2D eigenvalue weighted by Gasteiger charge is -2.42. The molecule has 0 saturated heterocycles. The second-order valence-corrected chi connectivity index (χ2v) is 9.43. The van der Waals surface area contributed by atoms with E-state index in [1.807, 2.05) is 82.3 Å². The molecular formula is C31H28N6O2. The number of anilines is 2. The summed E-state index contributed by atoms with van der Waals surface area (Å²) in [6, 6.07) is 19.2. The molecule has 2 heterocycles. The summed E-state index contributed by atoms with van der Waals surface area (Å²) in [5, 5.41) is 31.3. The van der Waals surface area contributed by atoms with Crippen LogP contribution in [0.5, 0.6) is 11.5 Å². The van der Waals surface area contributed by atoms with Gasteiger partial charge >= 0.3 is 0 Å². The smallest absolute Gasteiger partial charge is 0.275 e. The summed E-state index contributed by atoms with van der Waals surface area (Å²) >= 11 is 0. The third-order valence-corrected chi connectivity index (χ3v) is 7.11. The summed E-state index contributed by atoms with van der Waals surface area (Å²) in [7, 11) is 0. The van der Waals surface area contributed by atoms with Gasteiger partial charge in [0.1, 0.15) is 34.7 Å². The van der Waals surface area contributed by atoms with Gasteiger partial charge in [-0.2, -0.15) is 15.6 Å². The predicted octanol–water partition coefficient (Wildman–Crippen LogP) is 5.98. The number of hydrogen-bond acceptors (Lipinski definition) is 7. The summed E-state index contributed by atoms with van der Waals surface area (Å²) in [5.41, 5.74) is 5.52. The van der Waals surface area contributed by atoms with Gasteiger partial charge in [-0.15, -0.1) is 0 Å². The molecule has 3 aromatic carbocycles. The molecule has 3 aromatic rings. The monoisotopic (exact) mass is 516 g/mol. The number of carbonyl (C=O) groups excluding carboxylic acids is 1. The molecule has 0 radical (unpaired) electrons. The third kappa shape index (κ3) is 3.89. The molecule has 5 rings (SSSR count). The number of nitrogens with zero attached hydrogens (tertiary/aromatic N) is 4. The van der Waals surface area contributed by atoms with E-state index in [-0.39, 0.29) is 11.5 Å². The minimum atomic E-state index is -1.13. The van der Waals surface area contributed by atoms with Gasteiger partial charge in [-0.1, -0.05) is 18.2 Å². The zero-order chi connectivity index (χ0) is 27.7. The SMILES string of the molecule is CCNc1cc2c(cc1C)C1(c3cc(C)c(NCC)cc3O2)c2ccccc2C(=O)N1/N=C/C=C(C#N)C#N. The highest BCUT2D eigenvalue weighted by Gasteiger charge is 2.57. The standard InChI is InChI=1S/C31H28N6O2/c1-5-34-26-15-28-24(13-19(26)3)31(25-14-20(4)27(35-6-2)16-29(25)39-28)23-10-8-7-9-22(23)30(38)37(31)36-12-11-21(17-32)18-33/h7-16,34-35H,5-6H2,1-4H3/b36-12+. The molecule has 0 fully saturated rings. The molecule has 0 saturated carbocycles. The van der Waals surface area contributed by atoms with Crippen LogP contribution in [0.4, 0.5) is 11.4 Å². The van der Waals surface area contributed by atoms with E-state index in [0.29, 0.717) is 17.1 Å². The van der Waals surface area contributed by atoms with E-state index in [9.17, 15) is 15.3 Å². The van der Waals surface area contributed by atoms with Crippen molar-refractivity contribution in [3.05, 3.63) is 93.6 Å². The number of hydrogen-bond donors (Lipinski definition) is 2. The molecule has 8 heteroatoms. The maximum atomic E-state index is 14.0. The number of rotatable bonds is 6. The molecule has 2 N–H and O–H groups in total. The van der Waals surface area contributed by atoms with Crippen molar-refractivity contribution in [3.63, 3.8) is 0 Å². The Kier molecular flexibility index (Phi) is 6.55. The van der Waals surface area contributed by atoms with Crippen LogP contribution in [0.25, 0.3) is 0 Å². The molecule has 194 valence electrons. The Hall–Kier alpha value is -5.08. The molecule has 0 aromatic heterocycles. The minimum Gasteiger partial charge on any atom is -0.456 e. The summed E-state index contributed by atoms with van der Waals surface area (Å²) in [6.45, 7) is 9.60. The third-order valence-electron chi connectivity index (χ3n) is 7.11. The number of carbonyl (C=O) groups is 1. The van der Waals surface area contributed by atoms with Crippen molar-refractivity contribution < 1.29 is 9.53 Å². The Balaban J connectivity index is 1.88. The van der Waals surface area contributed by atoms with Gasteiger partial charge in [0.25, 0.3) is 5.91 Å². The number of hydrazone groups is 1. The van der Waals surface area contributed by atoms with Crippen molar-refractivity contribution in [3.8, 4) is 23.6 Å². The largest absolute Gasteiger partial charge is 0.456 e. The maximum absolute atomic E-state index is 14.0. The first-order valence-corrected chi connectivity index (χ1v) is 12.8. The Bertz CT molecular complexity index is 1560. The Labute approximate surface area is 227 Å². The molecular weight excluding hydrogens is 488 g/mol. The summed E-state index contributed by atoms with van der Waals surface area (Å²) in [6.07, 6.45) is 2.64. The molecule has 1 spiro atoms. The van der Waals surface area contributed by atoms with Crippen molar-refractivity contribution in [2.75, 3.05) is 23.7 Å². The van der Waals surface area contributed by atoms with Crippen molar-refractivity contribution >= 4 is 23.5 Å². The van der Waals surface area contributed by atoms with Crippen molar-refractivity contribution in [1.29, 1.82) is 10.5 Å². The number of ether oxygens (including phenoxy) is 1. The average Bonchev–Trinajstić information content (AvgIpc) is 3.18. The van der Waals surface area contributed by atoms with Gasteiger partial charge in [0.2, 0.25) is 0 Å². The molecule has 0 bridgehead atoms. The summed E-state index contributed by atoms with van der Waals surface area (Å²) < 4.78 is 6.56. The number of aryl methyl sites for hydroxylation is 2. The van der Waals surface area contributed by atoms with Gasteiger partial charge in [-0.3, -0.25) is 4.79 Å². The molecule has 1 amide bonds. The maximum Gasteiger partial charge on any atom is 0.275 e. The number of nitrogens with one attached hydrogen (secondary N) is 2. The van der Waals surface area contributed by atoms with Crippen LogP contribution in [-0.4, -0.2) is 30.2 Å². The van der Waals surface area contributed by atoms with E-state index < -0.39 is 5.54 Å². The fraction of sp³-hybridized carbons (Fsp3) is 0.226. The van der Waals surface area contributed by atoms with E-state index in [4.69, 9.17) is 4.74 Å². The number of fused-ring (bicyclic) bond motifs is 6. The van der Waals surface area contributed by atoms with E-state index >= 15 is 0 Å². The molecule has 2 aliphatic heterocycles. The van der Waals surface area contributed by atoms with Crippen LogP contribution < -0.4 is 15.4 Å². The molecule has 39 heavy (non-hydrogen) atoms. The molecule has 0 aliphatic carbocycles. The lowest BCUT2D eigenvalue weighted by molar-refractivity contribution is 0.0675. The summed E-state index contributed by atoms with van der Waals surface area (Å²) in [4.78, 5) is 14.0. The first-order chi connectivity index (χ1) is 18.9. The van der Waals surface area contributed by atoms with Gasteiger partial charge in [0, 0.05) is 65.1 Å². The van der Waals surface area contributed by atoms with Gasteiger partial charge < -0.3 is 15.4 Å². The number of amides is 1. The van der Waals surface area contributed by atoms with Crippen LogP contribution >= 0.6 is 0 Å². The Morgan fingerprint density at radius 1 is 0.949 bits per heavy atom. The Morgan fingerprint density at radius 2 is 1.51 bits per heavy atom. The molecule has 0 unspecified atom stereocenters. The van der Waals surface area contributed by atoms with Crippen molar-refractivity contribution in [1.82, 2.24) is 5.01 Å². The zero-order valence-corrected chi connectivity index (χ0v) is 22.3. The number of nitriles is 2. The van der Waals surface area contributed by atoms with Gasteiger partial charge in [-0.05, 0) is 63.1 Å². The van der Waals surface area contributed by atoms with Crippen LogP contribution in [0.2, 0.25) is 0 Å². The zero-order valence-electron chi connectivity index (χ0n) is 22.3. The molecule has 2 aliphatic rings. The van der Waals surface area contributed by atoms with Gasteiger partial charge in [0.05, 0.1) is 0 Å². The van der Waals surface area contributed by atoms with Crippen LogP contribution in [-0.2, 0) is 5.54 Å². The minimum absolute atomic E-state index is 0.109. The molecule has 8 nitrogen and oxygen atoms in total. The van der Waals surface area contributed by atoms with Crippen molar-refractivity contribution in [2.24, 2.45) is 5.10 Å². The van der Waals surface area contributed by atoms with E-state index in [2.05, 4.69) is 15.7 Å². The lowest BCUT2D eigenvalue weighted by Crippen LogP contribution is -2.44. The topological polar surface area (TPSA) is 114 Å². The Morgan fingerprint density at radius 3 is 2.05 bits per heavy atom. The number of allylic oxidation sites excluding steroid dienone is 2. The first-order valence-electron chi connectivity index (χ1n) is 12.8. The lowest BCUT2D eigenvalue weighted by atomic mass is 9.74. The predicted molar refractivity (Wildman–Crippen MR) is 151 cm³/mol. The second-order valence-electron chi connectivity index (χ2n) is 9.43. The van der Waals surface area contributed by atoms with Crippen LogP contribution in [0.15, 0.2) is 65.3 Å². The van der Waals surface area contributed by atoms with Gasteiger partial charge in [-0.25, -0.2) is 5.01 Å². The highest BCUT2D eigenvalue weighted by Crippen LogP contribution is 2.58. The number of benzene rings is 3. The van der Waals surface area contributed by atoms with E-state index in [0.717, 1.165) is 52.3 Å². The molecule has 0 atom stereocenters. The van der Waals surface area contributed by atoms with Gasteiger partial charge in [0.15, 0.2) is 0 Å². The highest BCUT2D eigenvalue weighted by atomic mass is 16.5. The average molecular weight is 517 g/mol. The first kappa shape index (κ1) is 25.6. The summed E-state index contributed by atoms with van der Waals surface area (Å²) in [5.74, 6) is 0.946. The highest BCUT2D eigenvalue weighted by molar-refractivity contribution is 6.03. The van der Waals surface area contributed by atoms with Crippen LogP contribution in [0.1, 0.15) is 52.0 Å². The second kappa shape index (κ2) is 10.00. The van der Waals surface area contributed by atoms with E-state index in [1.165, 1.54) is 17.3 Å². The normalized spacial score (nSPS) is 14.1. The quantitative estimate of drug-likeness (QED) is 0.308. The fourth-order valence-corrected chi connectivity index (χ4v) is 5.43. The van der Waals surface area contributed by atoms with E-state index in [1.54, 1.807) is 6.07 Å². The van der Waals surface area contributed by atoms with Crippen molar-refractivity contribution in [2.45, 2.75) is 33.2 Å². The van der Waals surface area contributed by atoms with Crippen LogP contribution in [0, 0.1) is 36.5 Å². The fourth-order valence-electron chi connectivity index (χ4n) is 5.43. The van der Waals surface area contributed by atoms with Crippen LogP contribution in [0.3, 0.4) is 0 Å².